The predicted molar refractivity (Wildman–Crippen MR) is 139 cm³/mol. The Balaban J connectivity index is 1.41. The zero-order valence-electron chi connectivity index (χ0n) is 19.9. The molecule has 3 aromatic rings. The number of carbonyl (C=O) groups is 2. The second-order valence-corrected chi connectivity index (χ2v) is 9.49. The van der Waals surface area contributed by atoms with E-state index in [1.54, 1.807) is 13.2 Å². The van der Waals surface area contributed by atoms with Crippen molar-refractivity contribution < 1.29 is 19.1 Å². The number of nitrogens with one attached hydrogen (secondary N) is 1. The zero-order chi connectivity index (χ0) is 24.6. The van der Waals surface area contributed by atoms with Crippen molar-refractivity contribution in [1.29, 1.82) is 0 Å². The second-order valence-electron chi connectivity index (χ2n) is 8.60. The summed E-state index contributed by atoms with van der Waals surface area (Å²) in [6.07, 6.45) is 5.71. The van der Waals surface area contributed by atoms with Crippen LogP contribution in [0.3, 0.4) is 0 Å². The van der Waals surface area contributed by atoms with E-state index in [4.69, 9.17) is 9.47 Å². The van der Waals surface area contributed by atoms with Crippen LogP contribution in [0.2, 0.25) is 0 Å². The van der Waals surface area contributed by atoms with Crippen molar-refractivity contribution in [3.63, 3.8) is 0 Å². The molecule has 182 valence electrons. The molecule has 2 aromatic carbocycles. The lowest BCUT2D eigenvalue weighted by Crippen LogP contribution is -2.23. The quantitative estimate of drug-likeness (QED) is 0.211. The molecule has 0 bridgehead atoms. The average Bonchev–Trinajstić information content (AvgIpc) is 3.40. The second kappa shape index (κ2) is 11.8. The van der Waals surface area contributed by atoms with E-state index in [0.29, 0.717) is 30.2 Å². The Morgan fingerprint density at radius 2 is 1.91 bits per heavy atom. The summed E-state index contributed by atoms with van der Waals surface area (Å²) < 4.78 is 10.7. The lowest BCUT2D eigenvalue weighted by Gasteiger charge is -2.25. The first kappa shape index (κ1) is 24.7. The first-order chi connectivity index (χ1) is 17.1. The number of hydrogen-bond acceptors (Lipinski definition) is 6. The van der Waals surface area contributed by atoms with Crippen molar-refractivity contribution in [3.8, 4) is 16.9 Å². The van der Waals surface area contributed by atoms with Gasteiger partial charge in [-0.2, -0.15) is 0 Å². The largest absolute Gasteiger partial charge is 0.497 e. The Morgan fingerprint density at radius 3 is 2.63 bits per heavy atom. The van der Waals surface area contributed by atoms with Crippen LogP contribution in [-0.4, -0.2) is 30.6 Å². The summed E-state index contributed by atoms with van der Waals surface area (Å²) in [7, 11) is 1.60. The van der Waals surface area contributed by atoms with Crippen molar-refractivity contribution in [2.24, 2.45) is 5.92 Å². The van der Waals surface area contributed by atoms with Gasteiger partial charge in [0.25, 0.3) is 5.91 Å². The summed E-state index contributed by atoms with van der Waals surface area (Å²) in [6, 6.07) is 15.5. The molecule has 0 radical (unpaired) electrons. The molecular formula is C28H30N2O4S. The third kappa shape index (κ3) is 6.17. The van der Waals surface area contributed by atoms with Crippen LogP contribution in [0.25, 0.3) is 11.1 Å². The van der Waals surface area contributed by atoms with Crippen LogP contribution in [0.4, 0.5) is 5.69 Å². The molecule has 4 rings (SSSR count). The SMILES string of the molecule is C=CCCOC(=O)C1CCC(c2nc(C(=O)Nc3cc(OC)ccc3-c3ccccc3)cs2)CC1. The fourth-order valence-electron chi connectivity index (χ4n) is 4.33. The first-order valence-electron chi connectivity index (χ1n) is 11.9. The highest BCUT2D eigenvalue weighted by Crippen LogP contribution is 2.38. The molecule has 7 heteroatoms. The fourth-order valence-corrected chi connectivity index (χ4v) is 5.30. The normalized spacial score (nSPS) is 17.4. The van der Waals surface area contributed by atoms with Gasteiger partial charge in [-0.15, -0.1) is 17.9 Å². The summed E-state index contributed by atoms with van der Waals surface area (Å²) in [4.78, 5) is 30.0. The number of anilines is 1. The number of thiazole rings is 1. The molecule has 1 amide bonds. The summed E-state index contributed by atoms with van der Waals surface area (Å²) in [6.45, 7) is 4.04. The van der Waals surface area contributed by atoms with Gasteiger partial charge < -0.3 is 14.8 Å². The van der Waals surface area contributed by atoms with Crippen molar-refractivity contribution in [1.82, 2.24) is 4.98 Å². The van der Waals surface area contributed by atoms with Crippen molar-refractivity contribution in [3.05, 3.63) is 77.3 Å². The lowest BCUT2D eigenvalue weighted by atomic mass is 9.82. The van der Waals surface area contributed by atoms with Gasteiger partial charge >= 0.3 is 5.97 Å². The number of rotatable bonds is 9. The van der Waals surface area contributed by atoms with Gasteiger partial charge in [-0.1, -0.05) is 36.4 Å². The molecule has 0 saturated heterocycles. The van der Waals surface area contributed by atoms with Crippen molar-refractivity contribution in [2.45, 2.75) is 38.0 Å². The zero-order valence-corrected chi connectivity index (χ0v) is 20.7. The van der Waals surface area contributed by atoms with Gasteiger partial charge in [0.2, 0.25) is 0 Å². The maximum absolute atomic E-state index is 13.1. The van der Waals surface area contributed by atoms with Gasteiger partial charge in [-0.25, -0.2) is 4.98 Å². The lowest BCUT2D eigenvalue weighted by molar-refractivity contribution is -0.149. The highest BCUT2D eigenvalue weighted by atomic mass is 32.1. The Kier molecular flexibility index (Phi) is 8.32. The summed E-state index contributed by atoms with van der Waals surface area (Å²) in [5.41, 5.74) is 2.99. The number of benzene rings is 2. The van der Waals surface area contributed by atoms with Crippen molar-refractivity contribution >= 4 is 28.9 Å². The molecule has 0 spiro atoms. The molecule has 1 aromatic heterocycles. The van der Waals surface area contributed by atoms with E-state index >= 15 is 0 Å². The molecule has 1 aliphatic rings. The molecular weight excluding hydrogens is 460 g/mol. The minimum absolute atomic E-state index is 0.0525. The van der Waals surface area contributed by atoms with Crippen LogP contribution in [0.5, 0.6) is 5.75 Å². The van der Waals surface area contributed by atoms with E-state index in [1.807, 2.05) is 53.9 Å². The smallest absolute Gasteiger partial charge is 0.308 e. The van der Waals surface area contributed by atoms with E-state index in [1.165, 1.54) is 11.3 Å². The molecule has 1 aliphatic carbocycles. The number of carbonyl (C=O) groups excluding carboxylic acids is 2. The van der Waals surface area contributed by atoms with Gasteiger partial charge in [-0.3, -0.25) is 9.59 Å². The number of nitrogens with zero attached hydrogens (tertiary/aromatic N) is 1. The van der Waals surface area contributed by atoms with E-state index in [0.717, 1.165) is 41.8 Å². The third-order valence-electron chi connectivity index (χ3n) is 6.29. The molecule has 1 heterocycles. The fraction of sp³-hybridized carbons (Fsp3) is 0.321. The monoisotopic (exact) mass is 490 g/mol. The van der Waals surface area contributed by atoms with Gasteiger partial charge in [0.05, 0.1) is 30.3 Å². The van der Waals surface area contributed by atoms with Crippen molar-refractivity contribution in [2.75, 3.05) is 19.0 Å². The van der Waals surface area contributed by atoms with Gasteiger partial charge in [0.15, 0.2) is 0 Å². The van der Waals surface area contributed by atoms with Gasteiger partial charge in [0, 0.05) is 22.9 Å². The van der Waals surface area contributed by atoms with E-state index in [9.17, 15) is 9.59 Å². The number of methoxy groups -OCH3 is 1. The number of esters is 1. The summed E-state index contributed by atoms with van der Waals surface area (Å²) >= 11 is 1.51. The predicted octanol–water partition coefficient (Wildman–Crippen LogP) is 6.46. The summed E-state index contributed by atoms with van der Waals surface area (Å²) in [5.74, 6) is 0.506. The number of ether oxygens (including phenoxy) is 2. The molecule has 0 aliphatic heterocycles. The maximum atomic E-state index is 13.1. The average molecular weight is 491 g/mol. The molecule has 1 saturated carbocycles. The molecule has 1 N–H and O–H groups in total. The van der Waals surface area contributed by atoms with Crippen LogP contribution < -0.4 is 10.1 Å². The number of hydrogen-bond donors (Lipinski definition) is 1. The minimum Gasteiger partial charge on any atom is -0.497 e. The molecule has 35 heavy (non-hydrogen) atoms. The first-order valence-corrected chi connectivity index (χ1v) is 12.7. The van der Waals surface area contributed by atoms with Crippen LogP contribution in [0.1, 0.15) is 53.5 Å². The van der Waals surface area contributed by atoms with E-state index in [-0.39, 0.29) is 23.7 Å². The van der Waals surface area contributed by atoms with E-state index < -0.39 is 0 Å². The molecule has 0 atom stereocenters. The van der Waals surface area contributed by atoms with Gasteiger partial charge in [-0.05, 0) is 49.8 Å². The molecule has 0 unspecified atom stereocenters. The number of amides is 1. The Bertz CT molecular complexity index is 1170. The number of aromatic nitrogens is 1. The Morgan fingerprint density at radius 1 is 1.14 bits per heavy atom. The topological polar surface area (TPSA) is 77.5 Å². The summed E-state index contributed by atoms with van der Waals surface area (Å²) in [5, 5.41) is 5.77. The van der Waals surface area contributed by atoms with Crippen LogP contribution in [-0.2, 0) is 9.53 Å². The van der Waals surface area contributed by atoms with Crippen LogP contribution in [0, 0.1) is 5.92 Å². The minimum atomic E-state index is -0.252. The molecule has 6 nitrogen and oxygen atoms in total. The van der Waals surface area contributed by atoms with Gasteiger partial charge in [0.1, 0.15) is 11.4 Å². The van der Waals surface area contributed by atoms with Crippen LogP contribution in [0.15, 0.2) is 66.6 Å². The Labute approximate surface area is 210 Å². The third-order valence-corrected chi connectivity index (χ3v) is 7.30. The van der Waals surface area contributed by atoms with Crippen LogP contribution >= 0.6 is 11.3 Å². The molecule has 1 fully saturated rings. The highest BCUT2D eigenvalue weighted by Gasteiger charge is 2.30. The highest BCUT2D eigenvalue weighted by molar-refractivity contribution is 7.10. The standard InChI is InChI=1S/C28H30N2O4S/c1-3-4-16-34-28(32)21-12-10-20(11-13-21)27-30-25(18-35-27)26(31)29-24-17-22(33-2)14-15-23(24)19-8-6-5-7-9-19/h3,5-9,14-15,17-18,20-21H,1,4,10-13,16H2,2H3,(H,29,31). The van der Waals surface area contributed by atoms with E-state index in [2.05, 4.69) is 16.9 Å². The Hall–Kier alpha value is -3.45. The maximum Gasteiger partial charge on any atom is 0.308 e.